The predicted octanol–water partition coefficient (Wildman–Crippen LogP) is 2.82. The van der Waals surface area contributed by atoms with E-state index in [1.807, 2.05) is 0 Å². The van der Waals surface area contributed by atoms with Crippen molar-refractivity contribution in [3.8, 4) is 11.5 Å². The van der Waals surface area contributed by atoms with Crippen LogP contribution in [0.5, 0.6) is 11.5 Å². The lowest BCUT2D eigenvalue weighted by Gasteiger charge is -2.22. The van der Waals surface area contributed by atoms with Gasteiger partial charge in [-0.2, -0.15) is 5.10 Å². The van der Waals surface area contributed by atoms with Crippen molar-refractivity contribution in [3.63, 3.8) is 0 Å². The van der Waals surface area contributed by atoms with Gasteiger partial charge in [0.1, 0.15) is 0 Å². The van der Waals surface area contributed by atoms with Gasteiger partial charge in [-0.15, -0.1) is 0 Å². The third-order valence-corrected chi connectivity index (χ3v) is 4.19. The molecule has 25 heavy (non-hydrogen) atoms. The molecule has 2 aliphatic heterocycles. The molecule has 0 spiro atoms. The third kappa shape index (κ3) is 3.85. The second-order valence-electron chi connectivity index (χ2n) is 6.09. The van der Waals surface area contributed by atoms with Crippen LogP contribution in [0.4, 0.5) is 16.2 Å². The number of fused-ring (bicyclic) bond motifs is 1. The van der Waals surface area contributed by atoms with Crippen LogP contribution in [0.3, 0.4) is 0 Å². The largest absolute Gasteiger partial charge is 0.454 e. The molecule has 132 valence electrons. The Morgan fingerprint density at radius 1 is 1.20 bits per heavy atom. The molecule has 0 saturated carbocycles. The van der Waals surface area contributed by atoms with Crippen molar-refractivity contribution < 1.29 is 19.0 Å². The molecule has 2 aliphatic rings. The number of nitrogens with zero attached hydrogens (tertiary/aromatic N) is 2. The van der Waals surface area contributed by atoms with Gasteiger partial charge < -0.3 is 24.8 Å². The van der Waals surface area contributed by atoms with Crippen molar-refractivity contribution in [3.05, 3.63) is 30.6 Å². The highest BCUT2D eigenvalue weighted by molar-refractivity contribution is 5.99. The van der Waals surface area contributed by atoms with E-state index in [4.69, 9.17) is 14.2 Å². The van der Waals surface area contributed by atoms with Gasteiger partial charge in [-0.25, -0.2) is 4.79 Å². The number of hydrogen-bond acceptors (Lipinski definition) is 5. The maximum Gasteiger partial charge on any atom is 0.323 e. The standard InChI is InChI=1S/C17H20N4O4/c22-17(19-12-4-5-15-16(7-12)25-11-24-15)20-13-8-18-21(9-13)10-14-3-1-2-6-23-14/h4-5,7-9,14H,1-3,6,10-11H2,(H2,19,20,22). The van der Waals surface area contributed by atoms with Crippen molar-refractivity contribution in [1.29, 1.82) is 0 Å². The number of carbonyl (C=O) groups excluding carboxylic acids is 1. The Morgan fingerprint density at radius 2 is 2.08 bits per heavy atom. The Hall–Kier alpha value is -2.74. The minimum absolute atomic E-state index is 0.198. The van der Waals surface area contributed by atoms with Crippen LogP contribution in [0.15, 0.2) is 30.6 Å². The monoisotopic (exact) mass is 344 g/mol. The van der Waals surface area contributed by atoms with Crippen molar-refractivity contribution >= 4 is 17.4 Å². The Kier molecular flexibility index (Phi) is 4.43. The third-order valence-electron chi connectivity index (χ3n) is 4.19. The second kappa shape index (κ2) is 7.02. The Balaban J connectivity index is 1.32. The lowest BCUT2D eigenvalue weighted by Crippen LogP contribution is -2.24. The molecule has 8 heteroatoms. The first kappa shape index (κ1) is 15.8. The molecule has 1 saturated heterocycles. The molecule has 2 amide bonds. The normalized spacial score (nSPS) is 18.8. The highest BCUT2D eigenvalue weighted by Crippen LogP contribution is 2.34. The van der Waals surface area contributed by atoms with Gasteiger partial charge in [-0.05, 0) is 31.4 Å². The molecule has 1 fully saturated rings. The number of anilines is 2. The fourth-order valence-electron chi connectivity index (χ4n) is 2.96. The zero-order chi connectivity index (χ0) is 17.1. The summed E-state index contributed by atoms with van der Waals surface area (Å²) >= 11 is 0. The van der Waals surface area contributed by atoms with Gasteiger partial charge in [-0.3, -0.25) is 4.68 Å². The van der Waals surface area contributed by atoms with Crippen LogP contribution in [0.25, 0.3) is 0 Å². The summed E-state index contributed by atoms with van der Waals surface area (Å²) in [5, 5.41) is 9.81. The van der Waals surface area contributed by atoms with Gasteiger partial charge in [0.05, 0.1) is 24.5 Å². The summed E-state index contributed by atoms with van der Waals surface area (Å²) in [4.78, 5) is 12.1. The molecule has 1 unspecified atom stereocenters. The van der Waals surface area contributed by atoms with Crippen LogP contribution in [-0.4, -0.2) is 35.3 Å². The highest BCUT2D eigenvalue weighted by Gasteiger charge is 2.16. The number of carbonyl (C=O) groups is 1. The lowest BCUT2D eigenvalue weighted by atomic mass is 10.1. The molecular weight excluding hydrogens is 324 g/mol. The van der Waals surface area contributed by atoms with E-state index in [0.29, 0.717) is 29.4 Å². The quantitative estimate of drug-likeness (QED) is 0.891. The number of urea groups is 1. The maximum atomic E-state index is 12.1. The summed E-state index contributed by atoms with van der Waals surface area (Å²) in [6.07, 6.45) is 6.99. The van der Waals surface area contributed by atoms with Crippen molar-refractivity contribution in [2.24, 2.45) is 0 Å². The number of ether oxygens (including phenoxy) is 3. The Bertz CT molecular complexity index is 755. The van der Waals surface area contributed by atoms with E-state index >= 15 is 0 Å². The molecule has 1 atom stereocenters. The molecule has 2 N–H and O–H groups in total. The van der Waals surface area contributed by atoms with E-state index in [9.17, 15) is 4.79 Å². The van der Waals surface area contributed by atoms with Crippen LogP contribution >= 0.6 is 0 Å². The minimum Gasteiger partial charge on any atom is -0.454 e. The molecule has 4 rings (SSSR count). The van der Waals surface area contributed by atoms with Gasteiger partial charge in [-0.1, -0.05) is 0 Å². The minimum atomic E-state index is -0.340. The smallest absolute Gasteiger partial charge is 0.323 e. The van der Waals surface area contributed by atoms with Crippen LogP contribution in [0.1, 0.15) is 19.3 Å². The van der Waals surface area contributed by atoms with Crippen LogP contribution in [-0.2, 0) is 11.3 Å². The van der Waals surface area contributed by atoms with Gasteiger partial charge in [0, 0.05) is 24.6 Å². The molecule has 1 aromatic carbocycles. The van der Waals surface area contributed by atoms with Gasteiger partial charge in [0.15, 0.2) is 11.5 Å². The first-order valence-electron chi connectivity index (χ1n) is 8.38. The van der Waals surface area contributed by atoms with E-state index in [-0.39, 0.29) is 18.9 Å². The fourth-order valence-corrected chi connectivity index (χ4v) is 2.96. The number of aromatic nitrogens is 2. The molecule has 3 heterocycles. The van der Waals surface area contributed by atoms with Crippen molar-refractivity contribution in [1.82, 2.24) is 9.78 Å². The van der Waals surface area contributed by atoms with E-state index in [2.05, 4.69) is 15.7 Å². The second-order valence-corrected chi connectivity index (χ2v) is 6.09. The zero-order valence-electron chi connectivity index (χ0n) is 13.7. The van der Waals surface area contributed by atoms with E-state index in [1.165, 1.54) is 6.42 Å². The zero-order valence-corrected chi connectivity index (χ0v) is 13.7. The maximum absolute atomic E-state index is 12.1. The first-order chi connectivity index (χ1) is 12.3. The average Bonchev–Trinajstić information content (AvgIpc) is 3.24. The van der Waals surface area contributed by atoms with E-state index in [0.717, 1.165) is 19.4 Å². The fraction of sp³-hybridized carbons (Fsp3) is 0.412. The molecule has 0 bridgehead atoms. The van der Waals surface area contributed by atoms with Crippen molar-refractivity contribution in [2.45, 2.75) is 31.9 Å². The highest BCUT2D eigenvalue weighted by atomic mass is 16.7. The molecule has 2 aromatic rings. The molecule has 1 aromatic heterocycles. The summed E-state index contributed by atoms with van der Waals surface area (Å²) in [6, 6.07) is 4.91. The van der Waals surface area contributed by atoms with Gasteiger partial charge in [0.2, 0.25) is 6.79 Å². The van der Waals surface area contributed by atoms with E-state index in [1.54, 1.807) is 35.3 Å². The topological polar surface area (TPSA) is 86.6 Å². The molecular formula is C17H20N4O4. The first-order valence-corrected chi connectivity index (χ1v) is 8.38. The van der Waals surface area contributed by atoms with Crippen LogP contribution < -0.4 is 20.1 Å². The van der Waals surface area contributed by atoms with E-state index < -0.39 is 0 Å². The number of rotatable bonds is 4. The summed E-state index contributed by atoms with van der Waals surface area (Å²) in [5.74, 6) is 1.30. The number of amides is 2. The molecule has 0 aliphatic carbocycles. The Morgan fingerprint density at radius 3 is 2.96 bits per heavy atom. The van der Waals surface area contributed by atoms with Crippen molar-refractivity contribution in [2.75, 3.05) is 24.0 Å². The van der Waals surface area contributed by atoms with Gasteiger partial charge >= 0.3 is 6.03 Å². The Labute approximate surface area is 145 Å². The SMILES string of the molecule is O=C(Nc1ccc2c(c1)OCO2)Nc1cnn(CC2CCCCO2)c1. The van der Waals surface area contributed by atoms with Crippen LogP contribution in [0.2, 0.25) is 0 Å². The summed E-state index contributed by atoms with van der Waals surface area (Å²) in [6.45, 7) is 1.72. The lowest BCUT2D eigenvalue weighted by molar-refractivity contribution is 0.00400. The number of nitrogens with one attached hydrogen (secondary N) is 2. The summed E-state index contributed by atoms with van der Waals surface area (Å²) < 4.78 is 18.0. The summed E-state index contributed by atoms with van der Waals surface area (Å²) in [7, 11) is 0. The predicted molar refractivity (Wildman–Crippen MR) is 91.0 cm³/mol. The van der Waals surface area contributed by atoms with Crippen LogP contribution in [0, 0.1) is 0 Å². The summed E-state index contributed by atoms with van der Waals surface area (Å²) in [5.41, 5.74) is 1.26. The molecule has 8 nitrogen and oxygen atoms in total. The average molecular weight is 344 g/mol. The molecule has 0 radical (unpaired) electrons. The number of hydrogen-bond donors (Lipinski definition) is 2. The number of benzene rings is 1. The van der Waals surface area contributed by atoms with Gasteiger partial charge in [0.25, 0.3) is 0 Å².